The van der Waals surface area contributed by atoms with Gasteiger partial charge < -0.3 is 9.64 Å². The molecule has 0 bridgehead atoms. The zero-order valence-corrected chi connectivity index (χ0v) is 14.8. The summed E-state index contributed by atoms with van der Waals surface area (Å²) in [5, 5.41) is 0. The van der Waals surface area contributed by atoms with Gasteiger partial charge in [0.1, 0.15) is 5.82 Å². The van der Waals surface area contributed by atoms with Gasteiger partial charge in [-0.1, -0.05) is 31.0 Å². The van der Waals surface area contributed by atoms with E-state index in [9.17, 15) is 9.18 Å². The van der Waals surface area contributed by atoms with Crippen molar-refractivity contribution in [1.29, 1.82) is 0 Å². The van der Waals surface area contributed by atoms with Crippen molar-refractivity contribution in [2.24, 2.45) is 0 Å². The van der Waals surface area contributed by atoms with Crippen LogP contribution in [0.3, 0.4) is 0 Å². The van der Waals surface area contributed by atoms with Crippen LogP contribution in [0.1, 0.15) is 52.7 Å². The molecule has 3 aliphatic rings. The molecule has 26 heavy (non-hydrogen) atoms. The number of ether oxygens (including phenoxy) is 1. The number of nitrogens with zero attached hydrogens (tertiary/aromatic N) is 1. The maximum absolute atomic E-state index is 14.7. The highest BCUT2D eigenvalue weighted by Crippen LogP contribution is 2.51. The highest BCUT2D eigenvalue weighted by atomic mass is 19.1. The highest BCUT2D eigenvalue weighted by molar-refractivity contribution is 6.09. The maximum atomic E-state index is 14.7. The van der Waals surface area contributed by atoms with Gasteiger partial charge in [0.25, 0.3) is 5.91 Å². The summed E-state index contributed by atoms with van der Waals surface area (Å²) in [6, 6.07) is 11.1. The van der Waals surface area contributed by atoms with Crippen LogP contribution in [0.5, 0.6) is 0 Å². The molecular formula is C22H22FNO2. The number of hydrogen-bond donors (Lipinski definition) is 0. The Morgan fingerprint density at radius 1 is 1.12 bits per heavy atom. The largest absolute Gasteiger partial charge is 0.376 e. The fourth-order valence-electron chi connectivity index (χ4n) is 5.11. The first-order chi connectivity index (χ1) is 12.7. The van der Waals surface area contributed by atoms with Crippen molar-refractivity contribution >= 4 is 11.6 Å². The number of benzene rings is 2. The molecule has 2 heterocycles. The summed E-state index contributed by atoms with van der Waals surface area (Å²) >= 11 is 0. The van der Waals surface area contributed by atoms with E-state index >= 15 is 0 Å². The van der Waals surface area contributed by atoms with E-state index in [1.54, 1.807) is 6.07 Å². The molecule has 2 aromatic rings. The highest BCUT2D eigenvalue weighted by Gasteiger charge is 2.48. The van der Waals surface area contributed by atoms with E-state index < -0.39 is 0 Å². The van der Waals surface area contributed by atoms with E-state index in [0.29, 0.717) is 25.3 Å². The third kappa shape index (κ3) is 2.25. The quantitative estimate of drug-likeness (QED) is 0.763. The lowest BCUT2D eigenvalue weighted by Crippen LogP contribution is -2.36. The number of hydrogen-bond acceptors (Lipinski definition) is 2. The van der Waals surface area contributed by atoms with E-state index in [1.165, 1.54) is 11.6 Å². The first kappa shape index (κ1) is 16.0. The van der Waals surface area contributed by atoms with Crippen molar-refractivity contribution in [2.75, 3.05) is 18.1 Å². The van der Waals surface area contributed by atoms with Gasteiger partial charge in [0, 0.05) is 23.1 Å². The molecule has 5 rings (SSSR count). The molecule has 2 aromatic carbocycles. The van der Waals surface area contributed by atoms with E-state index in [1.807, 2.05) is 23.1 Å². The second-order valence-electron chi connectivity index (χ2n) is 7.76. The van der Waals surface area contributed by atoms with Crippen LogP contribution in [-0.2, 0) is 23.2 Å². The van der Waals surface area contributed by atoms with Crippen LogP contribution in [0.4, 0.5) is 10.1 Å². The molecule has 1 aliphatic carbocycles. The molecule has 0 saturated heterocycles. The Kier molecular flexibility index (Phi) is 3.64. The summed E-state index contributed by atoms with van der Waals surface area (Å²) < 4.78 is 20.3. The van der Waals surface area contributed by atoms with Crippen LogP contribution in [0.15, 0.2) is 36.4 Å². The van der Waals surface area contributed by atoms with Gasteiger partial charge in [-0.3, -0.25) is 4.79 Å². The summed E-state index contributed by atoms with van der Waals surface area (Å²) in [5.41, 5.74) is 4.19. The molecule has 1 spiro atoms. The molecule has 0 atom stereocenters. The van der Waals surface area contributed by atoms with E-state index in [4.69, 9.17) is 4.74 Å². The number of halogens is 1. The van der Waals surface area contributed by atoms with Gasteiger partial charge in [-0.25, -0.2) is 4.39 Å². The summed E-state index contributed by atoms with van der Waals surface area (Å²) in [4.78, 5) is 15.3. The fourth-order valence-corrected chi connectivity index (χ4v) is 5.11. The minimum atomic E-state index is -0.207. The number of carbonyl (C=O) groups is 1. The Morgan fingerprint density at radius 3 is 2.77 bits per heavy atom. The Bertz CT molecular complexity index is 886. The maximum Gasteiger partial charge on any atom is 0.258 e. The van der Waals surface area contributed by atoms with Crippen molar-refractivity contribution in [3.05, 3.63) is 64.5 Å². The average molecular weight is 351 g/mol. The Morgan fingerprint density at radius 2 is 1.92 bits per heavy atom. The molecule has 0 radical (unpaired) electrons. The molecule has 1 fully saturated rings. The third-order valence-corrected chi connectivity index (χ3v) is 6.34. The fraction of sp³-hybridized carbons (Fsp3) is 0.409. The second kappa shape index (κ2) is 5.92. The molecule has 3 nitrogen and oxygen atoms in total. The normalized spacial score (nSPS) is 20.3. The number of rotatable bonds is 1. The van der Waals surface area contributed by atoms with Gasteiger partial charge >= 0.3 is 0 Å². The molecule has 1 amide bonds. The Labute approximate surface area is 152 Å². The Hall–Kier alpha value is -2.20. The van der Waals surface area contributed by atoms with Crippen molar-refractivity contribution in [1.82, 2.24) is 0 Å². The lowest BCUT2D eigenvalue weighted by molar-refractivity contribution is 0.0954. The predicted molar refractivity (Wildman–Crippen MR) is 98.0 cm³/mol. The molecule has 0 unspecified atom stereocenters. The Balaban J connectivity index is 1.60. The van der Waals surface area contributed by atoms with Crippen molar-refractivity contribution in [3.63, 3.8) is 0 Å². The zero-order chi connectivity index (χ0) is 17.7. The van der Waals surface area contributed by atoms with Crippen LogP contribution in [0.2, 0.25) is 0 Å². The number of fused-ring (bicyclic) bond motifs is 3. The third-order valence-electron chi connectivity index (χ3n) is 6.34. The summed E-state index contributed by atoms with van der Waals surface area (Å²) in [6.07, 6.45) is 4.96. The minimum Gasteiger partial charge on any atom is -0.376 e. The van der Waals surface area contributed by atoms with Gasteiger partial charge in [0.15, 0.2) is 0 Å². The van der Waals surface area contributed by atoms with Gasteiger partial charge in [0.05, 0.1) is 18.9 Å². The SMILES string of the molecule is O=C(c1cccc2c1COCC2)N1CC2(CCCC2)c2c(F)cccc21. The van der Waals surface area contributed by atoms with Crippen LogP contribution in [-0.4, -0.2) is 19.1 Å². The van der Waals surface area contributed by atoms with Crippen LogP contribution in [0, 0.1) is 5.82 Å². The van der Waals surface area contributed by atoms with Crippen LogP contribution < -0.4 is 4.90 Å². The molecule has 134 valence electrons. The molecule has 0 N–H and O–H groups in total. The first-order valence-corrected chi connectivity index (χ1v) is 9.49. The minimum absolute atomic E-state index is 0.0250. The van der Waals surface area contributed by atoms with Crippen molar-refractivity contribution < 1.29 is 13.9 Å². The lowest BCUT2D eigenvalue weighted by Gasteiger charge is -2.26. The summed E-state index contributed by atoms with van der Waals surface area (Å²) in [7, 11) is 0. The number of amides is 1. The average Bonchev–Trinajstić information content (AvgIpc) is 3.27. The molecule has 4 heteroatoms. The standard InChI is InChI=1S/C22H22FNO2/c23-18-7-4-8-19-20(18)22(10-1-2-11-22)14-24(19)21(25)16-6-3-5-15-9-12-26-13-17(15)16/h3-8H,1-2,9-14H2. The van der Waals surface area contributed by atoms with Gasteiger partial charge in [0.2, 0.25) is 0 Å². The molecule has 2 aliphatic heterocycles. The van der Waals surface area contributed by atoms with E-state index in [0.717, 1.165) is 48.9 Å². The predicted octanol–water partition coefficient (Wildman–Crippen LogP) is 4.37. The zero-order valence-electron chi connectivity index (χ0n) is 14.8. The second-order valence-corrected chi connectivity index (χ2v) is 7.76. The summed E-state index contributed by atoms with van der Waals surface area (Å²) in [6.45, 7) is 1.77. The van der Waals surface area contributed by atoms with Gasteiger partial charge in [-0.15, -0.1) is 0 Å². The molecule has 0 aromatic heterocycles. The topological polar surface area (TPSA) is 29.5 Å². The van der Waals surface area contributed by atoms with Crippen LogP contribution in [0.25, 0.3) is 0 Å². The molecular weight excluding hydrogens is 329 g/mol. The van der Waals surface area contributed by atoms with E-state index in [-0.39, 0.29) is 17.1 Å². The van der Waals surface area contributed by atoms with Crippen LogP contribution >= 0.6 is 0 Å². The van der Waals surface area contributed by atoms with Crippen molar-refractivity contribution in [2.45, 2.75) is 44.1 Å². The van der Waals surface area contributed by atoms with Crippen molar-refractivity contribution in [3.8, 4) is 0 Å². The number of anilines is 1. The smallest absolute Gasteiger partial charge is 0.258 e. The molecule has 1 saturated carbocycles. The number of carbonyl (C=O) groups excluding carboxylic acids is 1. The monoisotopic (exact) mass is 351 g/mol. The van der Waals surface area contributed by atoms with E-state index in [2.05, 4.69) is 6.07 Å². The van der Waals surface area contributed by atoms with Gasteiger partial charge in [-0.05, 0) is 48.6 Å². The lowest BCUT2D eigenvalue weighted by atomic mass is 9.80. The summed E-state index contributed by atoms with van der Waals surface area (Å²) in [5.74, 6) is -0.193. The first-order valence-electron chi connectivity index (χ1n) is 9.49. The van der Waals surface area contributed by atoms with Gasteiger partial charge in [-0.2, -0.15) is 0 Å².